The van der Waals surface area contributed by atoms with Crippen LogP contribution in [0.15, 0.2) is 30.7 Å². The van der Waals surface area contributed by atoms with Crippen molar-refractivity contribution >= 4 is 28.4 Å². The molecule has 0 aromatic carbocycles. The molecule has 0 aliphatic heterocycles. The lowest BCUT2D eigenvalue weighted by molar-refractivity contribution is 0.685. The third kappa shape index (κ3) is 2.22. The minimum Gasteiger partial charge on any atom is -0.384 e. The first-order valence-electron chi connectivity index (χ1n) is 4.12. The van der Waals surface area contributed by atoms with Gasteiger partial charge in [0.15, 0.2) is 0 Å². The molecule has 2 heterocycles. The van der Waals surface area contributed by atoms with Gasteiger partial charge in [-0.1, -0.05) is 6.07 Å². The molecule has 2 aromatic heterocycles. The van der Waals surface area contributed by atoms with Gasteiger partial charge in [0.1, 0.15) is 5.82 Å². The summed E-state index contributed by atoms with van der Waals surface area (Å²) in [5.74, 6) is 0.545. The number of hydrogen-bond acceptors (Lipinski definition) is 3. The van der Waals surface area contributed by atoms with E-state index in [0.29, 0.717) is 5.82 Å². The van der Waals surface area contributed by atoms with Gasteiger partial charge in [0.25, 0.3) is 0 Å². The topological polar surface area (TPSA) is 56.7 Å². The van der Waals surface area contributed by atoms with Crippen LogP contribution in [0.2, 0.25) is 0 Å². The first kappa shape index (κ1) is 9.45. The van der Waals surface area contributed by atoms with Gasteiger partial charge in [-0.25, -0.2) is 4.98 Å². The molecule has 0 saturated carbocycles. The molecule has 2 aromatic rings. The highest BCUT2D eigenvalue weighted by molar-refractivity contribution is 14.1. The summed E-state index contributed by atoms with van der Waals surface area (Å²) < 4.78 is 3.00. The second kappa shape index (κ2) is 3.95. The molecule has 4 nitrogen and oxygen atoms in total. The molecule has 0 amide bonds. The summed E-state index contributed by atoms with van der Waals surface area (Å²) >= 11 is 2.23. The van der Waals surface area contributed by atoms with Crippen LogP contribution in [-0.4, -0.2) is 14.8 Å². The highest BCUT2D eigenvalue weighted by atomic mass is 127. The van der Waals surface area contributed by atoms with E-state index < -0.39 is 0 Å². The van der Waals surface area contributed by atoms with Gasteiger partial charge in [-0.05, 0) is 34.2 Å². The van der Waals surface area contributed by atoms with E-state index in [1.807, 2.05) is 23.1 Å². The molecule has 14 heavy (non-hydrogen) atoms. The van der Waals surface area contributed by atoms with Gasteiger partial charge in [-0.3, -0.25) is 4.68 Å². The second-order valence-corrected chi connectivity index (χ2v) is 4.19. The van der Waals surface area contributed by atoms with E-state index >= 15 is 0 Å². The Labute approximate surface area is 95.3 Å². The molecule has 0 atom stereocenters. The van der Waals surface area contributed by atoms with Crippen molar-refractivity contribution in [2.24, 2.45) is 0 Å². The predicted molar refractivity (Wildman–Crippen MR) is 62.7 cm³/mol. The van der Waals surface area contributed by atoms with Crippen molar-refractivity contribution in [3.63, 3.8) is 0 Å². The molecule has 0 fully saturated rings. The van der Waals surface area contributed by atoms with Crippen LogP contribution < -0.4 is 5.73 Å². The Morgan fingerprint density at radius 3 is 2.79 bits per heavy atom. The third-order valence-electron chi connectivity index (χ3n) is 1.79. The molecular weight excluding hydrogens is 291 g/mol. The number of pyridine rings is 1. The fraction of sp³-hybridized carbons (Fsp3) is 0.111. The fourth-order valence-corrected chi connectivity index (χ4v) is 1.59. The minimum atomic E-state index is 0.545. The van der Waals surface area contributed by atoms with Gasteiger partial charge in [-0.15, -0.1) is 0 Å². The van der Waals surface area contributed by atoms with Gasteiger partial charge >= 0.3 is 0 Å². The Hall–Kier alpha value is -1.11. The van der Waals surface area contributed by atoms with Crippen LogP contribution in [0.5, 0.6) is 0 Å². The number of rotatable bonds is 2. The number of aromatic nitrogens is 3. The molecule has 0 unspecified atom stereocenters. The zero-order valence-corrected chi connectivity index (χ0v) is 9.55. The van der Waals surface area contributed by atoms with Crippen molar-refractivity contribution in [1.82, 2.24) is 14.8 Å². The quantitative estimate of drug-likeness (QED) is 0.855. The van der Waals surface area contributed by atoms with Crippen molar-refractivity contribution in [2.45, 2.75) is 6.54 Å². The SMILES string of the molecule is Nc1ccc(Cn2cc(I)cn2)cn1. The number of nitrogens with zero attached hydrogens (tertiary/aromatic N) is 3. The van der Waals surface area contributed by atoms with Crippen molar-refractivity contribution in [3.05, 3.63) is 39.9 Å². The normalized spacial score (nSPS) is 10.4. The summed E-state index contributed by atoms with van der Waals surface area (Å²) in [5.41, 5.74) is 6.59. The Kier molecular flexibility index (Phi) is 2.67. The molecular formula is C9H9IN4. The van der Waals surface area contributed by atoms with Crippen LogP contribution in [-0.2, 0) is 6.54 Å². The van der Waals surface area contributed by atoms with E-state index in [4.69, 9.17) is 5.73 Å². The Balaban J connectivity index is 2.15. The van der Waals surface area contributed by atoms with Gasteiger partial charge < -0.3 is 5.73 Å². The molecule has 5 heteroatoms. The maximum Gasteiger partial charge on any atom is 0.123 e. The van der Waals surface area contributed by atoms with E-state index in [1.165, 1.54) is 0 Å². The lowest BCUT2D eigenvalue weighted by atomic mass is 10.3. The smallest absolute Gasteiger partial charge is 0.123 e. The Morgan fingerprint density at radius 1 is 1.36 bits per heavy atom. The molecule has 0 bridgehead atoms. The molecule has 0 aliphatic carbocycles. The van der Waals surface area contributed by atoms with E-state index in [1.54, 1.807) is 12.3 Å². The highest BCUT2D eigenvalue weighted by Gasteiger charge is 1.97. The van der Waals surface area contributed by atoms with Gasteiger partial charge in [0, 0.05) is 12.4 Å². The zero-order chi connectivity index (χ0) is 9.97. The van der Waals surface area contributed by atoms with Gasteiger partial charge in [-0.2, -0.15) is 5.10 Å². The van der Waals surface area contributed by atoms with Crippen molar-refractivity contribution in [1.29, 1.82) is 0 Å². The molecule has 72 valence electrons. The first-order chi connectivity index (χ1) is 6.74. The standard InChI is InChI=1S/C9H9IN4/c10-8-4-13-14(6-8)5-7-1-2-9(11)12-3-7/h1-4,6H,5H2,(H2,11,12). The number of nitrogens with two attached hydrogens (primary N) is 1. The Morgan fingerprint density at radius 2 is 2.21 bits per heavy atom. The van der Waals surface area contributed by atoms with Crippen molar-refractivity contribution in [3.8, 4) is 0 Å². The first-order valence-corrected chi connectivity index (χ1v) is 5.20. The second-order valence-electron chi connectivity index (χ2n) is 2.95. The lowest BCUT2D eigenvalue weighted by Crippen LogP contribution is -2.00. The van der Waals surface area contributed by atoms with E-state index in [9.17, 15) is 0 Å². The predicted octanol–water partition coefficient (Wildman–Crippen LogP) is 1.51. The number of nitrogen functional groups attached to an aromatic ring is 1. The molecule has 2 rings (SSSR count). The summed E-state index contributed by atoms with van der Waals surface area (Å²) in [6.45, 7) is 0.732. The monoisotopic (exact) mass is 300 g/mol. The van der Waals surface area contributed by atoms with Crippen LogP contribution in [0.3, 0.4) is 0 Å². The molecule has 0 spiro atoms. The minimum absolute atomic E-state index is 0.545. The summed E-state index contributed by atoms with van der Waals surface area (Å²) in [5, 5.41) is 4.18. The number of anilines is 1. The molecule has 2 N–H and O–H groups in total. The molecule has 0 saturated heterocycles. The Bertz CT molecular complexity index is 421. The molecule has 0 radical (unpaired) electrons. The third-order valence-corrected chi connectivity index (χ3v) is 2.35. The lowest BCUT2D eigenvalue weighted by Gasteiger charge is -2.00. The number of hydrogen-bond donors (Lipinski definition) is 1. The van der Waals surface area contributed by atoms with Crippen LogP contribution >= 0.6 is 22.6 Å². The fourth-order valence-electron chi connectivity index (χ4n) is 1.14. The summed E-state index contributed by atoms with van der Waals surface area (Å²) in [7, 11) is 0. The summed E-state index contributed by atoms with van der Waals surface area (Å²) in [4.78, 5) is 4.02. The van der Waals surface area contributed by atoms with Crippen LogP contribution in [0.1, 0.15) is 5.56 Å². The number of halogens is 1. The van der Waals surface area contributed by atoms with E-state index in [0.717, 1.165) is 15.7 Å². The van der Waals surface area contributed by atoms with E-state index in [-0.39, 0.29) is 0 Å². The average molecular weight is 300 g/mol. The van der Waals surface area contributed by atoms with Gasteiger partial charge in [0.2, 0.25) is 0 Å². The van der Waals surface area contributed by atoms with Crippen LogP contribution in [0, 0.1) is 3.57 Å². The van der Waals surface area contributed by atoms with Crippen LogP contribution in [0.4, 0.5) is 5.82 Å². The largest absolute Gasteiger partial charge is 0.384 e. The van der Waals surface area contributed by atoms with Crippen molar-refractivity contribution in [2.75, 3.05) is 5.73 Å². The van der Waals surface area contributed by atoms with Crippen molar-refractivity contribution < 1.29 is 0 Å². The summed E-state index contributed by atoms with van der Waals surface area (Å²) in [6.07, 6.45) is 5.58. The maximum absolute atomic E-state index is 5.49. The van der Waals surface area contributed by atoms with Crippen LogP contribution in [0.25, 0.3) is 0 Å². The average Bonchev–Trinajstić information content (AvgIpc) is 2.56. The summed E-state index contributed by atoms with van der Waals surface area (Å²) in [6, 6.07) is 3.75. The molecule has 0 aliphatic rings. The van der Waals surface area contributed by atoms with Gasteiger partial charge in [0.05, 0.1) is 16.3 Å². The zero-order valence-electron chi connectivity index (χ0n) is 7.39. The highest BCUT2D eigenvalue weighted by Crippen LogP contribution is 2.06. The maximum atomic E-state index is 5.49. The van der Waals surface area contributed by atoms with E-state index in [2.05, 4.69) is 32.7 Å².